The van der Waals surface area contributed by atoms with Gasteiger partial charge in [-0.2, -0.15) is 0 Å². The van der Waals surface area contributed by atoms with Crippen LogP contribution in [-0.4, -0.2) is 42.5 Å². The van der Waals surface area contributed by atoms with E-state index in [9.17, 15) is 0 Å². The van der Waals surface area contributed by atoms with Gasteiger partial charge in [-0.05, 0) is 55.1 Å². The average Bonchev–Trinajstić information content (AvgIpc) is 3.30. The first kappa shape index (κ1) is 20.4. The van der Waals surface area contributed by atoms with Crippen molar-refractivity contribution in [1.82, 2.24) is 20.5 Å². The number of guanidine groups is 1. The molecule has 1 fully saturated rings. The molecule has 5 heteroatoms. The quantitative estimate of drug-likeness (QED) is 0.468. The third kappa shape index (κ3) is 5.36. The van der Waals surface area contributed by atoms with E-state index in [1.807, 2.05) is 19.3 Å². The van der Waals surface area contributed by atoms with Gasteiger partial charge in [0, 0.05) is 38.3 Å². The number of likely N-dealkylation sites (tertiary alicyclic amines) is 1. The van der Waals surface area contributed by atoms with Gasteiger partial charge in [-0.1, -0.05) is 48.5 Å². The summed E-state index contributed by atoms with van der Waals surface area (Å²) in [6, 6.07) is 19.4. The maximum atomic E-state index is 4.54. The number of pyridine rings is 1. The molecule has 0 amide bonds. The van der Waals surface area contributed by atoms with Crippen LogP contribution in [-0.2, 0) is 19.5 Å². The maximum absolute atomic E-state index is 4.54. The molecule has 0 bridgehead atoms. The second-order valence-electron chi connectivity index (χ2n) is 7.89. The molecular formula is C25H31N5. The SMILES string of the molecule is CN=C(NCCc1cccc2cccnc12)NCc1ccc(CN2CCCC2)cc1. The zero-order valence-corrected chi connectivity index (χ0v) is 17.8. The van der Waals surface area contributed by atoms with Crippen LogP contribution in [0.5, 0.6) is 0 Å². The smallest absolute Gasteiger partial charge is 0.191 e. The Balaban J connectivity index is 1.24. The lowest BCUT2D eigenvalue weighted by Gasteiger charge is -2.15. The van der Waals surface area contributed by atoms with Crippen LogP contribution in [0, 0.1) is 0 Å². The Morgan fingerprint density at radius 2 is 1.73 bits per heavy atom. The van der Waals surface area contributed by atoms with Crippen LogP contribution >= 0.6 is 0 Å². The van der Waals surface area contributed by atoms with Crippen LogP contribution in [0.4, 0.5) is 0 Å². The number of hydrogen-bond acceptors (Lipinski definition) is 3. The van der Waals surface area contributed by atoms with E-state index < -0.39 is 0 Å². The topological polar surface area (TPSA) is 52.6 Å². The van der Waals surface area contributed by atoms with Crippen molar-refractivity contribution < 1.29 is 0 Å². The predicted octanol–water partition coefficient (Wildman–Crippen LogP) is 3.74. The van der Waals surface area contributed by atoms with Gasteiger partial charge >= 0.3 is 0 Å². The minimum absolute atomic E-state index is 0.763. The van der Waals surface area contributed by atoms with Crippen LogP contribution in [0.15, 0.2) is 65.8 Å². The van der Waals surface area contributed by atoms with Gasteiger partial charge in [0.2, 0.25) is 0 Å². The van der Waals surface area contributed by atoms with Gasteiger partial charge in [-0.25, -0.2) is 0 Å². The second-order valence-corrected chi connectivity index (χ2v) is 7.89. The van der Waals surface area contributed by atoms with Gasteiger partial charge in [-0.15, -0.1) is 0 Å². The molecule has 0 aliphatic carbocycles. The maximum Gasteiger partial charge on any atom is 0.191 e. The Hall–Kier alpha value is -2.92. The number of aliphatic imine (C=N–C) groups is 1. The standard InChI is InChI=1S/C25H31N5/c1-26-25(28-15-13-23-7-4-6-22-8-5-14-27-24(22)23)29-18-20-9-11-21(12-10-20)19-30-16-2-3-17-30/h4-12,14H,2-3,13,15-19H2,1H3,(H2,26,28,29). The molecule has 4 rings (SSSR count). The van der Waals surface area contributed by atoms with Gasteiger partial charge in [0.25, 0.3) is 0 Å². The molecule has 2 aromatic carbocycles. The van der Waals surface area contributed by atoms with E-state index >= 15 is 0 Å². The molecule has 1 aliphatic heterocycles. The van der Waals surface area contributed by atoms with E-state index in [-0.39, 0.29) is 0 Å². The highest BCUT2D eigenvalue weighted by atomic mass is 15.2. The van der Waals surface area contributed by atoms with Crippen molar-refractivity contribution in [3.05, 3.63) is 77.5 Å². The highest BCUT2D eigenvalue weighted by Crippen LogP contribution is 2.16. The van der Waals surface area contributed by atoms with E-state index in [1.54, 1.807) is 0 Å². The summed E-state index contributed by atoms with van der Waals surface area (Å²) in [5.41, 5.74) is 5.00. The lowest BCUT2D eigenvalue weighted by molar-refractivity contribution is 0.331. The Morgan fingerprint density at radius 3 is 2.53 bits per heavy atom. The summed E-state index contributed by atoms with van der Waals surface area (Å²) in [5.74, 6) is 0.823. The summed E-state index contributed by atoms with van der Waals surface area (Å²) >= 11 is 0. The molecule has 1 aromatic heterocycles. The zero-order valence-electron chi connectivity index (χ0n) is 17.8. The summed E-state index contributed by atoms with van der Waals surface area (Å²) in [6.45, 7) is 5.11. The molecule has 5 nitrogen and oxygen atoms in total. The normalized spacial score (nSPS) is 14.9. The summed E-state index contributed by atoms with van der Waals surface area (Å²) in [6.07, 6.45) is 5.44. The van der Waals surface area contributed by atoms with Crippen molar-refractivity contribution in [3.63, 3.8) is 0 Å². The largest absolute Gasteiger partial charge is 0.356 e. The lowest BCUT2D eigenvalue weighted by Crippen LogP contribution is -2.37. The van der Waals surface area contributed by atoms with Gasteiger partial charge in [0.1, 0.15) is 0 Å². The van der Waals surface area contributed by atoms with Gasteiger partial charge in [-0.3, -0.25) is 14.9 Å². The zero-order chi connectivity index (χ0) is 20.6. The Kier molecular flexibility index (Phi) is 6.93. The Morgan fingerprint density at radius 1 is 0.967 bits per heavy atom. The number of rotatable bonds is 7. The molecule has 1 saturated heterocycles. The van der Waals surface area contributed by atoms with Crippen molar-refractivity contribution in [2.24, 2.45) is 4.99 Å². The number of hydrogen-bond donors (Lipinski definition) is 2. The van der Waals surface area contributed by atoms with Crippen LogP contribution in [0.2, 0.25) is 0 Å². The molecule has 0 atom stereocenters. The van der Waals surface area contributed by atoms with Gasteiger partial charge in [0.15, 0.2) is 5.96 Å². The molecule has 3 aromatic rings. The number of nitrogens with one attached hydrogen (secondary N) is 2. The van der Waals surface area contributed by atoms with E-state index in [0.717, 1.165) is 37.5 Å². The van der Waals surface area contributed by atoms with Crippen molar-refractivity contribution in [1.29, 1.82) is 0 Å². The minimum Gasteiger partial charge on any atom is -0.356 e. The molecule has 0 radical (unpaired) electrons. The molecule has 30 heavy (non-hydrogen) atoms. The van der Waals surface area contributed by atoms with E-state index in [1.165, 1.54) is 48.0 Å². The van der Waals surface area contributed by atoms with Crippen molar-refractivity contribution in [3.8, 4) is 0 Å². The molecule has 2 N–H and O–H groups in total. The molecule has 1 aliphatic rings. The minimum atomic E-state index is 0.763. The molecule has 156 valence electrons. The number of aromatic nitrogens is 1. The summed E-state index contributed by atoms with van der Waals surface area (Å²) in [7, 11) is 1.81. The summed E-state index contributed by atoms with van der Waals surface area (Å²) < 4.78 is 0. The highest BCUT2D eigenvalue weighted by molar-refractivity contribution is 5.82. The third-order valence-corrected chi connectivity index (χ3v) is 5.71. The first-order valence-electron chi connectivity index (χ1n) is 10.9. The van der Waals surface area contributed by atoms with Crippen LogP contribution in [0.25, 0.3) is 10.9 Å². The fraction of sp³-hybridized carbons (Fsp3) is 0.360. The Bertz CT molecular complexity index is 969. The van der Waals surface area contributed by atoms with Gasteiger partial charge < -0.3 is 10.6 Å². The predicted molar refractivity (Wildman–Crippen MR) is 125 cm³/mol. The third-order valence-electron chi connectivity index (χ3n) is 5.71. The van der Waals surface area contributed by atoms with Crippen molar-refractivity contribution in [2.75, 3.05) is 26.7 Å². The summed E-state index contributed by atoms with van der Waals surface area (Å²) in [4.78, 5) is 11.4. The van der Waals surface area contributed by atoms with Crippen LogP contribution < -0.4 is 10.6 Å². The van der Waals surface area contributed by atoms with Crippen LogP contribution in [0.3, 0.4) is 0 Å². The average molecular weight is 402 g/mol. The van der Waals surface area contributed by atoms with Crippen molar-refractivity contribution in [2.45, 2.75) is 32.4 Å². The molecule has 0 spiro atoms. The van der Waals surface area contributed by atoms with Crippen molar-refractivity contribution >= 4 is 16.9 Å². The molecule has 0 unspecified atom stereocenters. The number of para-hydroxylation sites is 1. The fourth-order valence-electron chi connectivity index (χ4n) is 4.05. The first-order valence-corrected chi connectivity index (χ1v) is 10.9. The lowest BCUT2D eigenvalue weighted by atomic mass is 10.1. The second kappa shape index (κ2) is 10.2. The number of nitrogens with zero attached hydrogens (tertiary/aromatic N) is 3. The van der Waals surface area contributed by atoms with Gasteiger partial charge in [0.05, 0.1) is 5.52 Å². The summed E-state index contributed by atoms with van der Waals surface area (Å²) in [5, 5.41) is 8.02. The van der Waals surface area contributed by atoms with E-state index in [0.29, 0.717) is 0 Å². The number of fused-ring (bicyclic) bond motifs is 1. The molecule has 2 heterocycles. The molecular weight excluding hydrogens is 370 g/mol. The monoisotopic (exact) mass is 401 g/mol. The first-order chi connectivity index (χ1) is 14.8. The van der Waals surface area contributed by atoms with Crippen LogP contribution in [0.1, 0.15) is 29.5 Å². The molecule has 0 saturated carbocycles. The fourth-order valence-corrected chi connectivity index (χ4v) is 4.05. The van der Waals surface area contributed by atoms with E-state index in [4.69, 9.17) is 0 Å². The highest BCUT2D eigenvalue weighted by Gasteiger charge is 2.11. The number of benzene rings is 2. The van der Waals surface area contributed by atoms with E-state index in [2.05, 4.69) is 74.0 Å². The Labute approximate surface area is 179 Å².